The molecule has 1 saturated heterocycles. The van der Waals surface area contributed by atoms with Crippen molar-refractivity contribution in [3.05, 3.63) is 35.6 Å². The molecule has 2 atom stereocenters. The summed E-state index contributed by atoms with van der Waals surface area (Å²) in [5.74, 6) is -0.119. The first-order chi connectivity index (χ1) is 7.77. The van der Waals surface area contributed by atoms with Crippen molar-refractivity contribution in [2.45, 2.75) is 31.8 Å². The van der Waals surface area contributed by atoms with Crippen LogP contribution in [0.5, 0.6) is 0 Å². The second-order valence-electron chi connectivity index (χ2n) is 4.45. The molecule has 0 saturated carbocycles. The van der Waals surface area contributed by atoms with Gasteiger partial charge in [-0.25, -0.2) is 4.39 Å². The van der Waals surface area contributed by atoms with E-state index in [9.17, 15) is 4.39 Å². The fraction of sp³-hybridized carbons (Fsp3) is 0.538. The molecule has 0 aliphatic carbocycles. The van der Waals surface area contributed by atoms with Crippen molar-refractivity contribution in [3.63, 3.8) is 0 Å². The van der Waals surface area contributed by atoms with Gasteiger partial charge in [0.15, 0.2) is 0 Å². The Kier molecular flexibility index (Phi) is 3.91. The number of nitrogens with one attached hydrogen (secondary N) is 2. The van der Waals surface area contributed by atoms with Gasteiger partial charge in [0.2, 0.25) is 0 Å². The quantitative estimate of drug-likeness (QED) is 0.819. The van der Waals surface area contributed by atoms with Crippen LogP contribution in [0.15, 0.2) is 24.3 Å². The summed E-state index contributed by atoms with van der Waals surface area (Å²) in [4.78, 5) is 0. The highest BCUT2D eigenvalue weighted by atomic mass is 19.1. The van der Waals surface area contributed by atoms with E-state index in [1.807, 2.05) is 19.1 Å². The van der Waals surface area contributed by atoms with Crippen LogP contribution >= 0.6 is 0 Å². The number of rotatable bonds is 3. The molecular formula is C13H19FN2. The Hall–Kier alpha value is -0.930. The average Bonchev–Trinajstić information content (AvgIpc) is 2.31. The lowest BCUT2D eigenvalue weighted by Gasteiger charge is -2.27. The predicted molar refractivity (Wildman–Crippen MR) is 63.8 cm³/mol. The molecule has 0 spiro atoms. The molecule has 1 heterocycles. The van der Waals surface area contributed by atoms with Gasteiger partial charge < -0.3 is 10.6 Å². The van der Waals surface area contributed by atoms with Gasteiger partial charge in [-0.1, -0.05) is 18.2 Å². The third kappa shape index (κ3) is 2.80. The van der Waals surface area contributed by atoms with Crippen LogP contribution in [0.1, 0.15) is 31.4 Å². The van der Waals surface area contributed by atoms with Crippen LogP contribution in [0.4, 0.5) is 4.39 Å². The van der Waals surface area contributed by atoms with E-state index < -0.39 is 0 Å². The van der Waals surface area contributed by atoms with E-state index in [1.54, 1.807) is 6.07 Å². The van der Waals surface area contributed by atoms with Gasteiger partial charge in [-0.2, -0.15) is 0 Å². The summed E-state index contributed by atoms with van der Waals surface area (Å²) in [7, 11) is 0. The number of hydrogen-bond acceptors (Lipinski definition) is 2. The van der Waals surface area contributed by atoms with Gasteiger partial charge in [0.1, 0.15) is 5.82 Å². The maximum atomic E-state index is 13.5. The van der Waals surface area contributed by atoms with Crippen LogP contribution in [0.25, 0.3) is 0 Å². The zero-order valence-corrected chi connectivity index (χ0v) is 9.67. The monoisotopic (exact) mass is 222 g/mol. The molecule has 3 heteroatoms. The summed E-state index contributed by atoms with van der Waals surface area (Å²) < 4.78 is 13.5. The standard InChI is InChI=1S/C13H19FN2/c1-10(12-6-2-3-7-13(12)14)16-11-5-4-8-15-9-11/h2-3,6-7,10-11,15-16H,4-5,8-9H2,1H3/t10-,11?/m1/s1. The molecule has 1 aliphatic rings. The SMILES string of the molecule is C[C@@H](NC1CCCNC1)c1ccccc1F. The lowest BCUT2D eigenvalue weighted by molar-refractivity contribution is 0.358. The smallest absolute Gasteiger partial charge is 0.127 e. The van der Waals surface area contributed by atoms with E-state index in [0.29, 0.717) is 6.04 Å². The highest BCUT2D eigenvalue weighted by molar-refractivity contribution is 5.20. The van der Waals surface area contributed by atoms with E-state index in [1.165, 1.54) is 18.9 Å². The van der Waals surface area contributed by atoms with Gasteiger partial charge in [0, 0.05) is 24.2 Å². The average molecular weight is 222 g/mol. The van der Waals surface area contributed by atoms with Crippen LogP contribution in [-0.4, -0.2) is 19.1 Å². The van der Waals surface area contributed by atoms with E-state index >= 15 is 0 Å². The van der Waals surface area contributed by atoms with Crippen molar-refractivity contribution in [3.8, 4) is 0 Å². The molecule has 1 aromatic carbocycles. The fourth-order valence-corrected chi connectivity index (χ4v) is 2.26. The molecule has 2 nitrogen and oxygen atoms in total. The largest absolute Gasteiger partial charge is 0.315 e. The summed E-state index contributed by atoms with van der Waals surface area (Å²) in [5.41, 5.74) is 0.757. The molecule has 1 unspecified atom stereocenters. The van der Waals surface area contributed by atoms with Crippen LogP contribution in [0.3, 0.4) is 0 Å². The third-order valence-corrected chi connectivity index (χ3v) is 3.15. The van der Waals surface area contributed by atoms with Crippen molar-refractivity contribution < 1.29 is 4.39 Å². The lowest BCUT2D eigenvalue weighted by atomic mass is 10.0. The topological polar surface area (TPSA) is 24.1 Å². The second kappa shape index (κ2) is 5.41. The Morgan fingerprint density at radius 2 is 2.25 bits per heavy atom. The number of benzene rings is 1. The molecule has 88 valence electrons. The Morgan fingerprint density at radius 1 is 1.44 bits per heavy atom. The minimum Gasteiger partial charge on any atom is -0.315 e. The van der Waals surface area contributed by atoms with Gasteiger partial charge in [-0.05, 0) is 32.4 Å². The number of hydrogen-bond donors (Lipinski definition) is 2. The minimum absolute atomic E-state index is 0.0751. The highest BCUT2D eigenvalue weighted by Gasteiger charge is 2.17. The van der Waals surface area contributed by atoms with Gasteiger partial charge >= 0.3 is 0 Å². The predicted octanol–water partition coefficient (Wildman–Crippen LogP) is 2.23. The third-order valence-electron chi connectivity index (χ3n) is 3.15. The van der Waals surface area contributed by atoms with Gasteiger partial charge in [0.25, 0.3) is 0 Å². The lowest BCUT2D eigenvalue weighted by Crippen LogP contribution is -2.44. The molecule has 16 heavy (non-hydrogen) atoms. The Bertz CT molecular complexity index is 334. The molecule has 1 fully saturated rings. The van der Waals surface area contributed by atoms with Gasteiger partial charge in [-0.3, -0.25) is 0 Å². The summed E-state index contributed by atoms with van der Waals surface area (Å²) >= 11 is 0. The van der Waals surface area contributed by atoms with Crippen molar-refractivity contribution >= 4 is 0 Å². The molecule has 2 N–H and O–H groups in total. The minimum atomic E-state index is -0.119. The molecule has 0 aromatic heterocycles. The first-order valence-electron chi connectivity index (χ1n) is 5.98. The summed E-state index contributed by atoms with van der Waals surface area (Å²) in [5, 5.41) is 6.82. The van der Waals surface area contributed by atoms with Crippen LogP contribution < -0.4 is 10.6 Å². The van der Waals surface area contributed by atoms with Gasteiger partial charge in [0.05, 0.1) is 0 Å². The van der Waals surface area contributed by atoms with E-state index in [0.717, 1.165) is 18.7 Å². The Labute approximate surface area is 96.2 Å². The maximum absolute atomic E-state index is 13.5. The highest BCUT2D eigenvalue weighted by Crippen LogP contribution is 2.17. The number of halogens is 1. The first-order valence-corrected chi connectivity index (χ1v) is 5.98. The fourth-order valence-electron chi connectivity index (χ4n) is 2.26. The summed E-state index contributed by atoms with van der Waals surface area (Å²) in [6.07, 6.45) is 2.37. The molecule has 1 aromatic rings. The molecular weight excluding hydrogens is 203 g/mol. The Balaban J connectivity index is 1.96. The zero-order valence-electron chi connectivity index (χ0n) is 9.67. The van der Waals surface area contributed by atoms with E-state index in [4.69, 9.17) is 0 Å². The van der Waals surface area contributed by atoms with Crippen molar-refractivity contribution in [2.24, 2.45) is 0 Å². The molecule has 0 amide bonds. The zero-order chi connectivity index (χ0) is 11.4. The Morgan fingerprint density at radius 3 is 2.94 bits per heavy atom. The van der Waals surface area contributed by atoms with Crippen LogP contribution in [0.2, 0.25) is 0 Å². The van der Waals surface area contributed by atoms with Gasteiger partial charge in [-0.15, -0.1) is 0 Å². The summed E-state index contributed by atoms with van der Waals surface area (Å²) in [6.45, 7) is 4.11. The molecule has 1 aliphatic heterocycles. The van der Waals surface area contributed by atoms with Crippen molar-refractivity contribution in [1.29, 1.82) is 0 Å². The number of piperidine rings is 1. The molecule has 0 radical (unpaired) electrons. The first kappa shape index (κ1) is 11.6. The van der Waals surface area contributed by atoms with Crippen molar-refractivity contribution in [2.75, 3.05) is 13.1 Å². The molecule has 0 bridgehead atoms. The normalized spacial score (nSPS) is 23.0. The van der Waals surface area contributed by atoms with Crippen LogP contribution in [0, 0.1) is 5.82 Å². The van der Waals surface area contributed by atoms with Crippen LogP contribution in [-0.2, 0) is 0 Å². The molecule has 2 rings (SSSR count). The van der Waals surface area contributed by atoms with Crippen molar-refractivity contribution in [1.82, 2.24) is 10.6 Å². The van der Waals surface area contributed by atoms with E-state index in [2.05, 4.69) is 10.6 Å². The summed E-state index contributed by atoms with van der Waals surface area (Å²) in [6, 6.07) is 7.52. The van der Waals surface area contributed by atoms with E-state index in [-0.39, 0.29) is 11.9 Å². The second-order valence-corrected chi connectivity index (χ2v) is 4.45. The maximum Gasteiger partial charge on any atom is 0.127 e.